The van der Waals surface area contributed by atoms with Crippen LogP contribution < -0.4 is 0 Å². The average Bonchev–Trinajstić information content (AvgIpc) is 3.27. The fraction of sp³-hybridized carbons (Fsp3) is 0.0400. The van der Waals surface area contributed by atoms with Gasteiger partial charge in [-0.3, -0.25) is 4.98 Å². The zero-order valence-electron chi connectivity index (χ0n) is 31.0. The van der Waals surface area contributed by atoms with E-state index in [4.69, 9.17) is 29.9 Å². The van der Waals surface area contributed by atoms with Crippen LogP contribution in [0.4, 0.5) is 0 Å². The first-order valence-corrected chi connectivity index (χ1v) is 18.6. The van der Waals surface area contributed by atoms with E-state index in [1.165, 1.54) is 0 Å². The van der Waals surface area contributed by atoms with Crippen molar-refractivity contribution in [2.24, 2.45) is 0 Å². The molecular weight excluding hydrogens is 685 g/mol. The Hall–Kier alpha value is -7.44. The monoisotopic (exact) mass is 720 g/mol. The van der Waals surface area contributed by atoms with Gasteiger partial charge in [-0.1, -0.05) is 176 Å². The summed E-state index contributed by atoms with van der Waals surface area (Å²) in [5, 5.41) is 0. The molecule has 9 aromatic rings. The molecule has 0 unspecified atom stereocenters. The van der Waals surface area contributed by atoms with E-state index in [-0.39, 0.29) is 0 Å². The van der Waals surface area contributed by atoms with Gasteiger partial charge in [0.05, 0.1) is 22.8 Å². The van der Waals surface area contributed by atoms with Gasteiger partial charge in [0.25, 0.3) is 0 Å². The van der Waals surface area contributed by atoms with Crippen LogP contribution in [0.25, 0.3) is 90.3 Å². The number of aromatic nitrogens is 6. The molecular formula is C50H36N6. The topological polar surface area (TPSA) is 77.3 Å². The van der Waals surface area contributed by atoms with Crippen molar-refractivity contribution in [3.05, 3.63) is 193 Å². The predicted molar refractivity (Wildman–Crippen MR) is 226 cm³/mol. The molecule has 0 radical (unpaired) electrons. The molecule has 0 saturated heterocycles. The van der Waals surface area contributed by atoms with Crippen molar-refractivity contribution in [1.29, 1.82) is 0 Å². The SMILES string of the molecule is Cc1ccc(-c2ccc(-c3nc(-c4ccccc4)c(-c4ccccc4)nc3-c3ccc(-c4nc(-c5ccccc5)nc(-c5ccccc5)n4)cc3)cc2)c(C)n1. The first kappa shape index (κ1) is 34.3. The van der Waals surface area contributed by atoms with Gasteiger partial charge in [-0.15, -0.1) is 0 Å². The average molecular weight is 721 g/mol. The van der Waals surface area contributed by atoms with E-state index < -0.39 is 0 Å². The summed E-state index contributed by atoms with van der Waals surface area (Å²) in [6.45, 7) is 4.07. The molecule has 0 aliphatic rings. The van der Waals surface area contributed by atoms with E-state index in [2.05, 4.69) is 91.9 Å². The number of rotatable bonds is 8. The highest BCUT2D eigenvalue weighted by molar-refractivity contribution is 5.87. The van der Waals surface area contributed by atoms with Crippen molar-refractivity contribution in [3.8, 4) is 90.3 Å². The van der Waals surface area contributed by atoms with E-state index in [0.717, 1.165) is 84.2 Å². The Morgan fingerprint density at radius 2 is 0.554 bits per heavy atom. The zero-order chi connectivity index (χ0) is 37.8. The molecule has 0 saturated carbocycles. The lowest BCUT2D eigenvalue weighted by atomic mass is 9.97. The summed E-state index contributed by atoms with van der Waals surface area (Å²) in [6, 6.07) is 61.6. The molecule has 9 rings (SSSR count). The van der Waals surface area contributed by atoms with Crippen LogP contribution in [0, 0.1) is 13.8 Å². The molecule has 56 heavy (non-hydrogen) atoms. The Balaban J connectivity index is 1.19. The van der Waals surface area contributed by atoms with E-state index in [0.29, 0.717) is 17.5 Å². The van der Waals surface area contributed by atoms with Gasteiger partial charge in [0, 0.05) is 55.9 Å². The van der Waals surface area contributed by atoms with Gasteiger partial charge in [0.1, 0.15) is 0 Å². The molecule has 3 aromatic heterocycles. The molecule has 0 fully saturated rings. The van der Waals surface area contributed by atoms with Crippen LogP contribution in [0.2, 0.25) is 0 Å². The highest BCUT2D eigenvalue weighted by atomic mass is 15.0. The summed E-state index contributed by atoms with van der Waals surface area (Å²) in [5.41, 5.74) is 14.0. The fourth-order valence-corrected chi connectivity index (χ4v) is 6.95. The highest BCUT2D eigenvalue weighted by Crippen LogP contribution is 2.38. The van der Waals surface area contributed by atoms with Gasteiger partial charge in [0.15, 0.2) is 17.5 Å². The predicted octanol–water partition coefficient (Wildman–Crippen LogP) is 12.0. The Labute approximate surface area is 326 Å². The van der Waals surface area contributed by atoms with Crippen LogP contribution in [-0.4, -0.2) is 29.9 Å². The summed E-state index contributed by atoms with van der Waals surface area (Å²) in [6.07, 6.45) is 0. The molecule has 0 amide bonds. The fourth-order valence-electron chi connectivity index (χ4n) is 6.95. The molecule has 0 atom stereocenters. The molecule has 3 heterocycles. The van der Waals surface area contributed by atoms with Crippen molar-refractivity contribution in [2.75, 3.05) is 0 Å². The minimum atomic E-state index is 0.594. The van der Waals surface area contributed by atoms with Crippen LogP contribution in [0.3, 0.4) is 0 Å². The van der Waals surface area contributed by atoms with E-state index in [9.17, 15) is 0 Å². The van der Waals surface area contributed by atoms with Crippen molar-refractivity contribution in [1.82, 2.24) is 29.9 Å². The Morgan fingerprint density at radius 1 is 0.250 bits per heavy atom. The van der Waals surface area contributed by atoms with Crippen molar-refractivity contribution in [3.63, 3.8) is 0 Å². The molecule has 6 aromatic carbocycles. The standard InChI is InChI=1S/C50H36N6/c1-33-23-32-43(34(2)51-33)35-24-26-38(27-25-35)46-47(53-45(37-17-9-4-10-18-37)44(52-46)36-15-7-3-8-16-36)39-28-30-42(31-29-39)50-55-48(40-19-11-5-12-20-40)54-49(56-50)41-21-13-6-14-22-41/h3-32H,1-2H3. The number of aryl methyl sites for hydroxylation is 2. The molecule has 0 aliphatic heterocycles. The molecule has 266 valence electrons. The molecule has 0 N–H and O–H groups in total. The quantitative estimate of drug-likeness (QED) is 0.155. The third-order valence-corrected chi connectivity index (χ3v) is 9.80. The zero-order valence-corrected chi connectivity index (χ0v) is 31.0. The summed E-state index contributed by atoms with van der Waals surface area (Å²) < 4.78 is 0. The Bertz CT molecular complexity index is 2710. The van der Waals surface area contributed by atoms with Crippen LogP contribution in [0.5, 0.6) is 0 Å². The first-order chi connectivity index (χ1) is 27.6. The maximum Gasteiger partial charge on any atom is 0.164 e. The second-order valence-electron chi connectivity index (χ2n) is 13.6. The lowest BCUT2D eigenvalue weighted by Gasteiger charge is -2.16. The van der Waals surface area contributed by atoms with Gasteiger partial charge in [-0.25, -0.2) is 24.9 Å². The number of hydrogen-bond acceptors (Lipinski definition) is 6. The van der Waals surface area contributed by atoms with Gasteiger partial charge >= 0.3 is 0 Å². The van der Waals surface area contributed by atoms with Crippen LogP contribution in [-0.2, 0) is 0 Å². The van der Waals surface area contributed by atoms with Crippen molar-refractivity contribution >= 4 is 0 Å². The molecule has 6 nitrogen and oxygen atoms in total. The second-order valence-corrected chi connectivity index (χ2v) is 13.6. The molecule has 6 heteroatoms. The van der Waals surface area contributed by atoms with E-state index in [1.54, 1.807) is 0 Å². The van der Waals surface area contributed by atoms with Crippen LogP contribution in [0.1, 0.15) is 11.4 Å². The Morgan fingerprint density at radius 3 is 0.929 bits per heavy atom. The summed E-state index contributed by atoms with van der Waals surface area (Å²) in [4.78, 5) is 30.4. The minimum Gasteiger partial charge on any atom is -0.258 e. The lowest BCUT2D eigenvalue weighted by molar-refractivity contribution is 1.07. The first-order valence-electron chi connectivity index (χ1n) is 18.6. The van der Waals surface area contributed by atoms with E-state index in [1.807, 2.05) is 104 Å². The highest BCUT2D eigenvalue weighted by Gasteiger charge is 2.20. The number of benzene rings is 6. The largest absolute Gasteiger partial charge is 0.258 e. The van der Waals surface area contributed by atoms with Crippen molar-refractivity contribution < 1.29 is 0 Å². The number of hydrogen-bond donors (Lipinski definition) is 0. The Kier molecular flexibility index (Phi) is 9.27. The molecule has 0 aliphatic carbocycles. The number of pyridine rings is 1. The normalized spacial score (nSPS) is 11.0. The van der Waals surface area contributed by atoms with Crippen LogP contribution >= 0.6 is 0 Å². The maximum absolute atomic E-state index is 5.47. The second kappa shape index (κ2) is 15.1. The van der Waals surface area contributed by atoms with Gasteiger partial charge in [-0.05, 0) is 25.5 Å². The minimum absolute atomic E-state index is 0.594. The maximum atomic E-state index is 5.47. The lowest BCUT2D eigenvalue weighted by Crippen LogP contribution is -2.01. The van der Waals surface area contributed by atoms with E-state index >= 15 is 0 Å². The molecule has 0 spiro atoms. The smallest absolute Gasteiger partial charge is 0.164 e. The van der Waals surface area contributed by atoms with Crippen molar-refractivity contribution in [2.45, 2.75) is 13.8 Å². The van der Waals surface area contributed by atoms with Gasteiger partial charge < -0.3 is 0 Å². The molecule has 0 bridgehead atoms. The van der Waals surface area contributed by atoms with Gasteiger partial charge in [-0.2, -0.15) is 0 Å². The van der Waals surface area contributed by atoms with Gasteiger partial charge in [0.2, 0.25) is 0 Å². The summed E-state index contributed by atoms with van der Waals surface area (Å²) >= 11 is 0. The third-order valence-electron chi connectivity index (χ3n) is 9.80. The van der Waals surface area contributed by atoms with Crippen LogP contribution in [0.15, 0.2) is 182 Å². The summed E-state index contributed by atoms with van der Waals surface area (Å²) in [7, 11) is 0. The summed E-state index contributed by atoms with van der Waals surface area (Å²) in [5.74, 6) is 1.84. The number of nitrogens with zero attached hydrogens (tertiary/aromatic N) is 6. The third kappa shape index (κ3) is 6.99.